The van der Waals surface area contributed by atoms with Crippen LogP contribution in [0.3, 0.4) is 0 Å². The number of carbonyl (C=O) groups is 1. The molecule has 0 aliphatic carbocycles. The molecule has 122 valence electrons. The van der Waals surface area contributed by atoms with Gasteiger partial charge in [-0.05, 0) is 62.2 Å². The van der Waals surface area contributed by atoms with E-state index < -0.39 is 0 Å². The molecule has 1 N–H and O–H groups in total. The van der Waals surface area contributed by atoms with E-state index in [-0.39, 0.29) is 5.91 Å². The molecule has 0 aliphatic rings. The summed E-state index contributed by atoms with van der Waals surface area (Å²) in [5.41, 5.74) is 4.62. The maximum atomic E-state index is 12.5. The van der Waals surface area contributed by atoms with Crippen LogP contribution in [0.5, 0.6) is 0 Å². The van der Waals surface area contributed by atoms with Gasteiger partial charge in [0, 0.05) is 10.7 Å². The smallest absolute Gasteiger partial charge is 0.278 e. The van der Waals surface area contributed by atoms with Crippen molar-refractivity contribution in [3.8, 4) is 5.69 Å². The van der Waals surface area contributed by atoms with Gasteiger partial charge in [0.2, 0.25) is 0 Å². The second kappa shape index (κ2) is 6.45. The third-order valence-electron chi connectivity index (χ3n) is 3.82. The Kier molecular flexibility index (Phi) is 4.36. The first-order chi connectivity index (χ1) is 11.5. The van der Waals surface area contributed by atoms with Crippen molar-refractivity contribution in [3.63, 3.8) is 0 Å². The summed E-state index contributed by atoms with van der Waals surface area (Å²) in [6.45, 7) is 5.75. The minimum absolute atomic E-state index is 0.276. The fraction of sp³-hybridized carbons (Fsp3) is 0.167. The molecule has 0 bridgehead atoms. The molecule has 0 unspecified atom stereocenters. The number of rotatable bonds is 3. The summed E-state index contributed by atoms with van der Waals surface area (Å²) >= 11 is 5.90. The Bertz CT molecular complexity index is 900. The Hall–Kier alpha value is -2.66. The summed E-state index contributed by atoms with van der Waals surface area (Å²) in [5.74, 6) is -0.276. The average Bonchev–Trinajstić information content (AvgIpc) is 2.93. The van der Waals surface area contributed by atoms with Crippen molar-refractivity contribution >= 4 is 23.2 Å². The molecule has 0 radical (unpaired) electrons. The number of anilines is 1. The predicted molar refractivity (Wildman–Crippen MR) is 95.0 cm³/mol. The van der Waals surface area contributed by atoms with Crippen molar-refractivity contribution in [2.24, 2.45) is 0 Å². The lowest BCUT2D eigenvalue weighted by molar-refractivity contribution is 0.102. The van der Waals surface area contributed by atoms with E-state index in [1.165, 1.54) is 0 Å². The van der Waals surface area contributed by atoms with E-state index in [2.05, 4.69) is 15.6 Å². The van der Waals surface area contributed by atoms with Crippen LogP contribution in [0, 0.1) is 20.8 Å². The zero-order valence-corrected chi connectivity index (χ0v) is 14.4. The molecule has 0 saturated heterocycles. The molecule has 0 atom stereocenters. The minimum Gasteiger partial charge on any atom is -0.320 e. The summed E-state index contributed by atoms with van der Waals surface area (Å²) < 4.78 is 1.62. The quantitative estimate of drug-likeness (QED) is 0.781. The summed E-state index contributed by atoms with van der Waals surface area (Å²) in [4.78, 5) is 12.5. The fourth-order valence-corrected chi connectivity index (χ4v) is 2.54. The molecule has 0 spiro atoms. The highest BCUT2D eigenvalue weighted by Gasteiger charge is 2.18. The normalized spacial score (nSPS) is 10.7. The van der Waals surface area contributed by atoms with Crippen LogP contribution < -0.4 is 5.32 Å². The van der Waals surface area contributed by atoms with Crippen LogP contribution in [0.1, 0.15) is 27.3 Å². The van der Waals surface area contributed by atoms with Crippen LogP contribution in [0.4, 0.5) is 5.69 Å². The molecule has 6 heteroatoms. The van der Waals surface area contributed by atoms with Crippen molar-refractivity contribution in [1.82, 2.24) is 15.0 Å². The van der Waals surface area contributed by atoms with Gasteiger partial charge in [-0.3, -0.25) is 4.79 Å². The topological polar surface area (TPSA) is 59.8 Å². The molecule has 0 aliphatic heterocycles. The monoisotopic (exact) mass is 340 g/mol. The van der Waals surface area contributed by atoms with Crippen LogP contribution in [-0.2, 0) is 0 Å². The molecule has 1 heterocycles. The lowest BCUT2D eigenvalue weighted by Gasteiger charge is -2.08. The van der Waals surface area contributed by atoms with E-state index in [4.69, 9.17) is 11.6 Å². The molecule has 1 amide bonds. The van der Waals surface area contributed by atoms with Gasteiger partial charge in [-0.25, -0.2) is 4.68 Å². The van der Waals surface area contributed by atoms with E-state index in [0.717, 1.165) is 22.5 Å². The van der Waals surface area contributed by atoms with Crippen LogP contribution in [0.15, 0.2) is 42.5 Å². The van der Waals surface area contributed by atoms with Crippen LogP contribution in [0.25, 0.3) is 5.69 Å². The molecule has 1 aromatic heterocycles. The highest BCUT2D eigenvalue weighted by molar-refractivity contribution is 6.30. The number of hydrogen-bond acceptors (Lipinski definition) is 3. The molecule has 5 nitrogen and oxygen atoms in total. The molecular weight excluding hydrogens is 324 g/mol. The number of hydrogen-bond donors (Lipinski definition) is 1. The average molecular weight is 341 g/mol. The Morgan fingerprint density at radius 2 is 1.79 bits per heavy atom. The highest BCUT2D eigenvalue weighted by atomic mass is 35.5. The second-order valence-electron chi connectivity index (χ2n) is 5.68. The van der Waals surface area contributed by atoms with Crippen LogP contribution >= 0.6 is 11.6 Å². The predicted octanol–water partition coefficient (Wildman–Crippen LogP) is 4.10. The minimum atomic E-state index is -0.276. The number of amides is 1. The van der Waals surface area contributed by atoms with Crippen molar-refractivity contribution in [2.75, 3.05) is 5.32 Å². The van der Waals surface area contributed by atoms with Crippen molar-refractivity contribution in [1.29, 1.82) is 0 Å². The van der Waals surface area contributed by atoms with Crippen molar-refractivity contribution < 1.29 is 4.79 Å². The van der Waals surface area contributed by atoms with Gasteiger partial charge in [0.25, 0.3) is 5.91 Å². The number of benzene rings is 2. The Balaban J connectivity index is 1.89. The lowest BCUT2D eigenvalue weighted by atomic mass is 10.1. The van der Waals surface area contributed by atoms with Gasteiger partial charge < -0.3 is 5.32 Å². The van der Waals surface area contributed by atoms with Gasteiger partial charge in [0.05, 0.1) is 11.4 Å². The summed E-state index contributed by atoms with van der Waals surface area (Å²) in [6.07, 6.45) is 0. The summed E-state index contributed by atoms with van der Waals surface area (Å²) in [5, 5.41) is 11.7. The summed E-state index contributed by atoms with van der Waals surface area (Å²) in [6, 6.07) is 13.1. The third-order valence-corrected chi connectivity index (χ3v) is 4.07. The number of carbonyl (C=O) groups excluding carboxylic acids is 1. The van der Waals surface area contributed by atoms with E-state index in [0.29, 0.717) is 16.4 Å². The number of aromatic nitrogens is 3. The maximum absolute atomic E-state index is 12.5. The van der Waals surface area contributed by atoms with E-state index in [1.807, 2.05) is 51.1 Å². The SMILES string of the molecule is Cc1ccc(C)c(NC(=O)c2nnn(-c3ccc(Cl)cc3)c2C)c1. The molecule has 3 rings (SSSR count). The third kappa shape index (κ3) is 3.16. The van der Waals surface area contributed by atoms with Gasteiger partial charge in [-0.15, -0.1) is 5.10 Å². The first kappa shape index (κ1) is 16.2. The lowest BCUT2D eigenvalue weighted by Crippen LogP contribution is -2.15. The number of nitrogens with zero attached hydrogens (tertiary/aromatic N) is 3. The van der Waals surface area contributed by atoms with Gasteiger partial charge >= 0.3 is 0 Å². The zero-order chi connectivity index (χ0) is 17.3. The Morgan fingerprint density at radius 1 is 1.08 bits per heavy atom. The number of halogens is 1. The van der Waals surface area contributed by atoms with Gasteiger partial charge in [-0.2, -0.15) is 0 Å². The summed E-state index contributed by atoms with van der Waals surface area (Å²) in [7, 11) is 0. The molecule has 0 fully saturated rings. The standard InChI is InChI=1S/C18H17ClN4O/c1-11-4-5-12(2)16(10-11)20-18(24)17-13(3)23(22-21-17)15-8-6-14(19)7-9-15/h4-10H,1-3H3,(H,20,24). The number of aryl methyl sites for hydroxylation is 2. The van der Waals surface area contributed by atoms with E-state index >= 15 is 0 Å². The van der Waals surface area contributed by atoms with Crippen molar-refractivity contribution in [2.45, 2.75) is 20.8 Å². The largest absolute Gasteiger partial charge is 0.320 e. The second-order valence-corrected chi connectivity index (χ2v) is 6.12. The fourth-order valence-electron chi connectivity index (χ4n) is 2.42. The van der Waals surface area contributed by atoms with Gasteiger partial charge in [0.15, 0.2) is 5.69 Å². The van der Waals surface area contributed by atoms with Crippen LogP contribution in [-0.4, -0.2) is 20.9 Å². The first-order valence-electron chi connectivity index (χ1n) is 7.52. The molecular formula is C18H17ClN4O. The maximum Gasteiger partial charge on any atom is 0.278 e. The first-order valence-corrected chi connectivity index (χ1v) is 7.90. The van der Waals surface area contributed by atoms with Crippen molar-refractivity contribution in [3.05, 3.63) is 70.0 Å². The zero-order valence-electron chi connectivity index (χ0n) is 13.7. The molecule has 2 aromatic carbocycles. The number of nitrogens with one attached hydrogen (secondary N) is 1. The molecule has 24 heavy (non-hydrogen) atoms. The van der Waals surface area contributed by atoms with E-state index in [9.17, 15) is 4.79 Å². The van der Waals surface area contributed by atoms with Gasteiger partial charge in [-0.1, -0.05) is 28.9 Å². The van der Waals surface area contributed by atoms with Gasteiger partial charge in [0.1, 0.15) is 0 Å². The van der Waals surface area contributed by atoms with E-state index in [1.54, 1.807) is 16.8 Å². The highest BCUT2D eigenvalue weighted by Crippen LogP contribution is 2.19. The Labute approximate surface area is 145 Å². The molecule has 0 saturated carbocycles. The Morgan fingerprint density at radius 3 is 2.50 bits per heavy atom. The van der Waals surface area contributed by atoms with Crippen LogP contribution in [0.2, 0.25) is 5.02 Å². The molecule has 3 aromatic rings.